The molecular weight excluding hydrogens is 422 g/mol. The molecule has 3 rings (SSSR count). The molecule has 0 unspecified atom stereocenters. The minimum atomic E-state index is -0.204. The molecule has 1 heterocycles. The minimum absolute atomic E-state index is 0.0193. The average Bonchev–Trinajstić information content (AvgIpc) is 3.24. The molecule has 0 bridgehead atoms. The number of para-hydroxylation sites is 1. The van der Waals surface area contributed by atoms with Crippen LogP contribution in [0.2, 0.25) is 0 Å². The smallest absolute Gasteiger partial charge is 0.244 e. The molecule has 0 saturated heterocycles. The Balaban J connectivity index is 1.63. The lowest BCUT2D eigenvalue weighted by Crippen LogP contribution is -2.39. The monoisotopic (exact) mass is 451 g/mol. The van der Waals surface area contributed by atoms with Crippen molar-refractivity contribution >= 4 is 29.3 Å². The van der Waals surface area contributed by atoms with Crippen LogP contribution in [0.3, 0.4) is 0 Å². The first-order valence-corrected chi connectivity index (χ1v) is 11.6. The zero-order chi connectivity index (χ0) is 23.1. The summed E-state index contributed by atoms with van der Waals surface area (Å²) in [5, 5.41) is 11.7. The van der Waals surface area contributed by atoms with E-state index in [1.807, 2.05) is 48.7 Å². The number of amides is 2. The van der Waals surface area contributed by atoms with E-state index in [1.165, 1.54) is 22.9 Å². The maximum Gasteiger partial charge on any atom is 0.244 e. The van der Waals surface area contributed by atoms with Gasteiger partial charge in [-0.1, -0.05) is 43.0 Å². The van der Waals surface area contributed by atoms with E-state index in [2.05, 4.69) is 41.5 Å². The number of hydrogen-bond donors (Lipinski definition) is 1. The predicted molar refractivity (Wildman–Crippen MR) is 128 cm³/mol. The standard InChI is InChI=1S/C24H29N5O2S/c1-5-12-28(14-22(30)26-21-9-7-6-8-18(21)3)23(31)15-32-24-27-25-16-29(24)20-11-10-17(2)19(4)13-20/h6-11,13,16H,5,12,14-15H2,1-4H3,(H,26,30). The SMILES string of the molecule is CCCN(CC(=O)Nc1ccccc1C)C(=O)CSc1nncn1-c1ccc(C)c(C)c1. The van der Waals surface area contributed by atoms with Gasteiger partial charge in [0.2, 0.25) is 11.8 Å². The number of rotatable bonds is 9. The van der Waals surface area contributed by atoms with Gasteiger partial charge in [-0.2, -0.15) is 0 Å². The summed E-state index contributed by atoms with van der Waals surface area (Å²) in [5.41, 5.74) is 5.09. The number of nitrogens with zero attached hydrogens (tertiary/aromatic N) is 4. The largest absolute Gasteiger partial charge is 0.333 e. The lowest BCUT2D eigenvalue weighted by atomic mass is 10.1. The molecule has 32 heavy (non-hydrogen) atoms. The highest BCUT2D eigenvalue weighted by atomic mass is 32.2. The van der Waals surface area contributed by atoms with E-state index in [4.69, 9.17) is 0 Å². The van der Waals surface area contributed by atoms with Crippen molar-refractivity contribution < 1.29 is 9.59 Å². The fourth-order valence-electron chi connectivity index (χ4n) is 3.23. The first-order chi connectivity index (χ1) is 15.4. The number of aromatic nitrogens is 3. The van der Waals surface area contributed by atoms with Crippen LogP contribution in [0, 0.1) is 20.8 Å². The van der Waals surface area contributed by atoms with Crippen molar-refractivity contribution in [2.75, 3.05) is 24.2 Å². The second-order valence-electron chi connectivity index (χ2n) is 7.72. The fourth-order valence-corrected chi connectivity index (χ4v) is 4.06. The Labute approximate surface area is 193 Å². The van der Waals surface area contributed by atoms with E-state index in [0.29, 0.717) is 11.7 Å². The Kier molecular flexibility index (Phi) is 8.05. The van der Waals surface area contributed by atoms with Gasteiger partial charge in [0.25, 0.3) is 0 Å². The molecule has 2 amide bonds. The molecule has 8 heteroatoms. The van der Waals surface area contributed by atoms with Crippen LogP contribution in [-0.4, -0.2) is 50.3 Å². The topological polar surface area (TPSA) is 80.1 Å². The van der Waals surface area contributed by atoms with Gasteiger partial charge in [-0.25, -0.2) is 0 Å². The van der Waals surface area contributed by atoms with E-state index in [0.717, 1.165) is 23.4 Å². The maximum atomic E-state index is 12.9. The number of carbonyl (C=O) groups excluding carboxylic acids is 2. The summed E-state index contributed by atoms with van der Waals surface area (Å²) in [4.78, 5) is 27.0. The lowest BCUT2D eigenvalue weighted by molar-refractivity contribution is -0.132. The molecule has 0 aliphatic carbocycles. The summed E-state index contributed by atoms with van der Waals surface area (Å²) >= 11 is 1.32. The molecular formula is C24H29N5O2S. The van der Waals surface area contributed by atoms with Crippen molar-refractivity contribution in [2.24, 2.45) is 0 Å². The second kappa shape index (κ2) is 10.9. The van der Waals surface area contributed by atoms with Crippen LogP contribution in [-0.2, 0) is 9.59 Å². The number of nitrogens with one attached hydrogen (secondary N) is 1. The van der Waals surface area contributed by atoms with Gasteiger partial charge in [0, 0.05) is 17.9 Å². The molecule has 0 spiro atoms. The Morgan fingerprint density at radius 2 is 1.84 bits per heavy atom. The third-order valence-electron chi connectivity index (χ3n) is 5.21. The number of aryl methyl sites for hydroxylation is 3. The normalized spacial score (nSPS) is 10.8. The first-order valence-electron chi connectivity index (χ1n) is 10.6. The van der Waals surface area contributed by atoms with Gasteiger partial charge in [-0.15, -0.1) is 10.2 Å². The summed E-state index contributed by atoms with van der Waals surface area (Å²) in [7, 11) is 0. The van der Waals surface area contributed by atoms with Crippen molar-refractivity contribution in [1.29, 1.82) is 0 Å². The summed E-state index contributed by atoms with van der Waals surface area (Å²) in [6.45, 7) is 8.59. The van der Waals surface area contributed by atoms with Crippen LogP contribution in [0.15, 0.2) is 53.9 Å². The Hall–Kier alpha value is -3.13. The highest BCUT2D eigenvalue weighted by Crippen LogP contribution is 2.22. The second-order valence-corrected chi connectivity index (χ2v) is 8.66. The number of thioether (sulfide) groups is 1. The van der Waals surface area contributed by atoms with Crippen molar-refractivity contribution in [2.45, 2.75) is 39.3 Å². The summed E-state index contributed by atoms with van der Waals surface area (Å²) in [5.74, 6) is -0.128. The molecule has 0 saturated carbocycles. The van der Waals surface area contributed by atoms with Crippen LogP contribution in [0.1, 0.15) is 30.0 Å². The Morgan fingerprint density at radius 3 is 2.56 bits per heavy atom. The molecule has 0 atom stereocenters. The molecule has 3 aromatic rings. The summed E-state index contributed by atoms with van der Waals surface area (Å²) in [6.07, 6.45) is 2.42. The van der Waals surface area contributed by atoms with Gasteiger partial charge in [-0.3, -0.25) is 14.2 Å². The highest BCUT2D eigenvalue weighted by Gasteiger charge is 2.19. The van der Waals surface area contributed by atoms with Crippen molar-refractivity contribution in [3.05, 3.63) is 65.5 Å². The summed E-state index contributed by atoms with van der Waals surface area (Å²) in [6, 6.07) is 13.7. The first kappa shape index (κ1) is 23.5. The van der Waals surface area contributed by atoms with Crippen LogP contribution in [0.4, 0.5) is 5.69 Å². The van der Waals surface area contributed by atoms with Gasteiger partial charge < -0.3 is 10.2 Å². The van der Waals surface area contributed by atoms with Gasteiger partial charge in [-0.05, 0) is 62.1 Å². The number of hydrogen-bond acceptors (Lipinski definition) is 5. The molecule has 0 fully saturated rings. The van der Waals surface area contributed by atoms with E-state index in [9.17, 15) is 9.59 Å². The third-order valence-corrected chi connectivity index (χ3v) is 6.14. The van der Waals surface area contributed by atoms with E-state index in [1.54, 1.807) is 11.2 Å². The summed E-state index contributed by atoms with van der Waals surface area (Å²) < 4.78 is 1.87. The highest BCUT2D eigenvalue weighted by molar-refractivity contribution is 7.99. The number of anilines is 1. The van der Waals surface area contributed by atoms with Gasteiger partial charge in [0.1, 0.15) is 6.33 Å². The Bertz CT molecular complexity index is 1100. The number of carbonyl (C=O) groups is 2. The molecule has 2 aromatic carbocycles. The third kappa shape index (κ3) is 5.97. The zero-order valence-electron chi connectivity index (χ0n) is 19.0. The van der Waals surface area contributed by atoms with Gasteiger partial charge in [0.15, 0.2) is 5.16 Å². The van der Waals surface area contributed by atoms with Crippen LogP contribution < -0.4 is 5.32 Å². The van der Waals surface area contributed by atoms with Gasteiger partial charge >= 0.3 is 0 Å². The molecule has 1 aromatic heterocycles. The maximum absolute atomic E-state index is 12.9. The van der Waals surface area contributed by atoms with E-state index in [-0.39, 0.29) is 24.1 Å². The van der Waals surface area contributed by atoms with Crippen molar-refractivity contribution in [3.8, 4) is 5.69 Å². The zero-order valence-corrected chi connectivity index (χ0v) is 19.8. The average molecular weight is 452 g/mol. The fraction of sp³-hybridized carbons (Fsp3) is 0.333. The molecule has 0 aliphatic rings. The quantitative estimate of drug-likeness (QED) is 0.494. The van der Waals surface area contributed by atoms with Crippen molar-refractivity contribution in [3.63, 3.8) is 0 Å². The van der Waals surface area contributed by atoms with E-state index >= 15 is 0 Å². The van der Waals surface area contributed by atoms with Crippen molar-refractivity contribution in [1.82, 2.24) is 19.7 Å². The van der Waals surface area contributed by atoms with E-state index < -0.39 is 0 Å². The van der Waals surface area contributed by atoms with Crippen LogP contribution in [0.5, 0.6) is 0 Å². The predicted octanol–water partition coefficient (Wildman–Crippen LogP) is 4.16. The molecule has 0 radical (unpaired) electrons. The molecule has 7 nitrogen and oxygen atoms in total. The Morgan fingerprint density at radius 1 is 1.06 bits per heavy atom. The number of benzene rings is 2. The molecule has 0 aliphatic heterocycles. The molecule has 1 N–H and O–H groups in total. The van der Waals surface area contributed by atoms with Crippen LogP contribution >= 0.6 is 11.8 Å². The molecule has 168 valence electrons. The lowest BCUT2D eigenvalue weighted by Gasteiger charge is -2.21. The van der Waals surface area contributed by atoms with Gasteiger partial charge in [0.05, 0.1) is 12.3 Å². The minimum Gasteiger partial charge on any atom is -0.333 e. The van der Waals surface area contributed by atoms with Crippen LogP contribution in [0.25, 0.3) is 5.69 Å².